The first-order valence-corrected chi connectivity index (χ1v) is 10.2. The minimum absolute atomic E-state index is 0.0954. The topological polar surface area (TPSA) is 71.4 Å². The number of amides is 2. The van der Waals surface area contributed by atoms with E-state index >= 15 is 0 Å². The number of carbonyl (C=O) groups excluding carboxylic acids is 2. The van der Waals surface area contributed by atoms with Gasteiger partial charge in [0, 0.05) is 37.1 Å². The molecule has 6 heteroatoms. The van der Waals surface area contributed by atoms with E-state index in [9.17, 15) is 14.4 Å². The zero-order chi connectivity index (χ0) is 21.1. The molecular formula is C23H29N3O3. The standard InChI is InChI=1S/C23H29N3O3/c1-15(2)9-12-25-13-10-17(4)21(23(25)29)22(28)24-19-14-18(8-7-16(19)3)26-11-5-6-20(26)27/h7-8,10,13-15H,5-6,9,11-12H2,1-4H3,(H,24,28). The number of pyridine rings is 1. The molecular weight excluding hydrogens is 366 g/mol. The molecule has 6 nitrogen and oxygen atoms in total. The highest BCUT2D eigenvalue weighted by Gasteiger charge is 2.23. The molecule has 3 rings (SSSR count). The van der Waals surface area contributed by atoms with E-state index in [0.717, 1.165) is 24.1 Å². The summed E-state index contributed by atoms with van der Waals surface area (Å²) in [6.45, 7) is 9.15. The number of hydrogen-bond donors (Lipinski definition) is 1. The van der Waals surface area contributed by atoms with E-state index < -0.39 is 5.91 Å². The second-order valence-corrected chi connectivity index (χ2v) is 8.16. The Morgan fingerprint density at radius 1 is 1.14 bits per heavy atom. The Kier molecular flexibility index (Phi) is 6.20. The van der Waals surface area contributed by atoms with Crippen LogP contribution >= 0.6 is 0 Å². The van der Waals surface area contributed by atoms with Crippen LogP contribution in [0.4, 0.5) is 11.4 Å². The average molecular weight is 396 g/mol. The van der Waals surface area contributed by atoms with Gasteiger partial charge in [-0.15, -0.1) is 0 Å². The lowest BCUT2D eigenvalue weighted by Gasteiger charge is -2.18. The van der Waals surface area contributed by atoms with E-state index in [-0.39, 0.29) is 17.0 Å². The Balaban J connectivity index is 1.88. The fourth-order valence-corrected chi connectivity index (χ4v) is 3.53. The molecule has 154 valence electrons. The highest BCUT2D eigenvalue weighted by atomic mass is 16.2. The van der Waals surface area contributed by atoms with Crippen LogP contribution in [0.5, 0.6) is 0 Å². The van der Waals surface area contributed by atoms with Crippen LogP contribution in [0.2, 0.25) is 0 Å². The molecule has 1 saturated heterocycles. The number of aryl methyl sites for hydroxylation is 3. The van der Waals surface area contributed by atoms with Crippen LogP contribution in [0, 0.1) is 19.8 Å². The first kappa shape index (κ1) is 20.8. The lowest BCUT2D eigenvalue weighted by Crippen LogP contribution is -2.30. The Hall–Kier alpha value is -2.89. The molecule has 0 unspecified atom stereocenters. The number of benzene rings is 1. The summed E-state index contributed by atoms with van der Waals surface area (Å²) < 4.78 is 1.61. The summed E-state index contributed by atoms with van der Waals surface area (Å²) in [4.78, 5) is 39.7. The maximum Gasteiger partial charge on any atom is 0.263 e. The van der Waals surface area contributed by atoms with Gasteiger partial charge in [-0.25, -0.2) is 0 Å². The molecule has 1 fully saturated rings. The first-order chi connectivity index (χ1) is 13.8. The summed E-state index contributed by atoms with van der Waals surface area (Å²) in [5, 5.41) is 2.89. The zero-order valence-electron chi connectivity index (χ0n) is 17.6. The maximum atomic E-state index is 13.0. The summed E-state index contributed by atoms with van der Waals surface area (Å²) in [6, 6.07) is 7.39. The van der Waals surface area contributed by atoms with E-state index in [2.05, 4.69) is 19.2 Å². The monoisotopic (exact) mass is 395 g/mol. The highest BCUT2D eigenvalue weighted by molar-refractivity contribution is 6.06. The zero-order valence-corrected chi connectivity index (χ0v) is 17.6. The molecule has 0 bridgehead atoms. The van der Waals surface area contributed by atoms with Crippen molar-refractivity contribution in [3.8, 4) is 0 Å². The predicted octanol–water partition coefficient (Wildman–Crippen LogP) is 3.89. The fraction of sp³-hybridized carbons (Fsp3) is 0.435. The van der Waals surface area contributed by atoms with Crippen LogP contribution in [-0.2, 0) is 11.3 Å². The Labute approximate surface area is 171 Å². The van der Waals surface area contributed by atoms with Crippen molar-refractivity contribution in [1.82, 2.24) is 4.57 Å². The highest BCUT2D eigenvalue weighted by Crippen LogP contribution is 2.27. The molecule has 1 aliphatic heterocycles. The second kappa shape index (κ2) is 8.64. The summed E-state index contributed by atoms with van der Waals surface area (Å²) in [5.41, 5.74) is 2.81. The van der Waals surface area contributed by atoms with Gasteiger partial charge in [0.25, 0.3) is 11.5 Å². The molecule has 29 heavy (non-hydrogen) atoms. The average Bonchev–Trinajstić information content (AvgIpc) is 3.09. The van der Waals surface area contributed by atoms with Crippen molar-refractivity contribution >= 4 is 23.2 Å². The van der Waals surface area contributed by atoms with E-state index in [4.69, 9.17) is 0 Å². The number of nitrogens with zero attached hydrogens (tertiary/aromatic N) is 2. The molecule has 0 atom stereocenters. The summed E-state index contributed by atoms with van der Waals surface area (Å²) in [5.74, 6) is 0.150. The Morgan fingerprint density at radius 3 is 2.55 bits per heavy atom. The molecule has 1 aromatic heterocycles. The van der Waals surface area contributed by atoms with Gasteiger partial charge in [0.15, 0.2) is 0 Å². The molecule has 1 N–H and O–H groups in total. The van der Waals surface area contributed by atoms with Gasteiger partial charge >= 0.3 is 0 Å². The van der Waals surface area contributed by atoms with Gasteiger partial charge in [-0.05, 0) is 61.9 Å². The Morgan fingerprint density at radius 2 is 1.90 bits per heavy atom. The summed E-state index contributed by atoms with van der Waals surface area (Å²) in [6.07, 6.45) is 4.01. The van der Waals surface area contributed by atoms with E-state index in [1.807, 2.05) is 31.2 Å². The number of anilines is 2. The Bertz CT molecular complexity index is 991. The van der Waals surface area contributed by atoms with E-state index in [1.165, 1.54) is 0 Å². The first-order valence-electron chi connectivity index (χ1n) is 10.2. The van der Waals surface area contributed by atoms with Crippen molar-refractivity contribution in [2.45, 2.75) is 53.5 Å². The lowest BCUT2D eigenvalue weighted by molar-refractivity contribution is -0.117. The van der Waals surface area contributed by atoms with Crippen molar-refractivity contribution < 1.29 is 9.59 Å². The largest absolute Gasteiger partial charge is 0.321 e. The van der Waals surface area contributed by atoms with Crippen LogP contribution in [0.15, 0.2) is 35.3 Å². The van der Waals surface area contributed by atoms with Gasteiger partial charge in [0.05, 0.1) is 0 Å². The van der Waals surface area contributed by atoms with Crippen LogP contribution in [-0.4, -0.2) is 22.9 Å². The van der Waals surface area contributed by atoms with Gasteiger partial charge in [-0.2, -0.15) is 0 Å². The van der Waals surface area contributed by atoms with Crippen LogP contribution < -0.4 is 15.8 Å². The molecule has 2 aromatic rings. The quantitative estimate of drug-likeness (QED) is 0.807. The van der Waals surface area contributed by atoms with Crippen molar-refractivity contribution in [3.05, 3.63) is 57.5 Å². The SMILES string of the molecule is Cc1ccc(N2CCCC2=O)cc1NC(=O)c1c(C)ccn(CCC(C)C)c1=O. The second-order valence-electron chi connectivity index (χ2n) is 8.16. The van der Waals surface area contributed by atoms with Crippen LogP contribution in [0.3, 0.4) is 0 Å². The lowest BCUT2D eigenvalue weighted by atomic mass is 10.1. The molecule has 0 radical (unpaired) electrons. The third kappa shape index (κ3) is 4.58. The number of hydrogen-bond acceptors (Lipinski definition) is 3. The summed E-state index contributed by atoms with van der Waals surface area (Å²) in [7, 11) is 0. The normalized spacial score (nSPS) is 14.0. The smallest absolute Gasteiger partial charge is 0.263 e. The van der Waals surface area contributed by atoms with Gasteiger partial charge in [0.1, 0.15) is 5.56 Å². The third-order valence-electron chi connectivity index (χ3n) is 5.40. The van der Waals surface area contributed by atoms with Gasteiger partial charge in [-0.3, -0.25) is 14.4 Å². The minimum Gasteiger partial charge on any atom is -0.321 e. The minimum atomic E-state index is -0.417. The summed E-state index contributed by atoms with van der Waals surface area (Å²) >= 11 is 0. The molecule has 0 aliphatic carbocycles. The van der Waals surface area contributed by atoms with E-state index in [1.54, 1.807) is 22.6 Å². The van der Waals surface area contributed by atoms with Gasteiger partial charge < -0.3 is 14.8 Å². The van der Waals surface area contributed by atoms with Gasteiger partial charge in [-0.1, -0.05) is 19.9 Å². The molecule has 0 saturated carbocycles. The number of carbonyl (C=O) groups is 2. The maximum absolute atomic E-state index is 13.0. The molecule has 2 heterocycles. The van der Waals surface area contributed by atoms with Crippen molar-refractivity contribution in [2.75, 3.05) is 16.8 Å². The number of rotatable bonds is 6. The molecule has 1 aliphatic rings. The van der Waals surface area contributed by atoms with Crippen molar-refractivity contribution in [3.63, 3.8) is 0 Å². The predicted molar refractivity (Wildman–Crippen MR) is 116 cm³/mol. The van der Waals surface area contributed by atoms with Crippen LogP contribution in [0.1, 0.15) is 54.6 Å². The molecule has 0 spiro atoms. The number of aromatic nitrogens is 1. The van der Waals surface area contributed by atoms with Crippen LogP contribution in [0.25, 0.3) is 0 Å². The van der Waals surface area contributed by atoms with Crippen molar-refractivity contribution in [2.24, 2.45) is 5.92 Å². The fourth-order valence-electron chi connectivity index (χ4n) is 3.53. The molecule has 1 aromatic carbocycles. The van der Waals surface area contributed by atoms with E-state index in [0.29, 0.717) is 36.7 Å². The van der Waals surface area contributed by atoms with Crippen molar-refractivity contribution in [1.29, 1.82) is 0 Å². The number of nitrogens with one attached hydrogen (secondary N) is 1. The van der Waals surface area contributed by atoms with Gasteiger partial charge in [0.2, 0.25) is 5.91 Å². The third-order valence-corrected chi connectivity index (χ3v) is 5.40. The molecule has 2 amide bonds.